The van der Waals surface area contributed by atoms with Crippen LogP contribution in [-0.4, -0.2) is 60.8 Å². The topological polar surface area (TPSA) is 41.5 Å². The standard InChI is InChI=1S/C16H24N4O/c1-5-17-15(18-6-1)20-7-4-16(12-20)11-19(8-9-21-13-16)10-14-2-3-14/h1,5-6,14H,2-4,7-13H2/t16-/m1/s1. The smallest absolute Gasteiger partial charge is 0.225 e. The van der Waals surface area contributed by atoms with Gasteiger partial charge in [-0.05, 0) is 31.2 Å². The predicted molar refractivity (Wildman–Crippen MR) is 81.3 cm³/mol. The van der Waals surface area contributed by atoms with E-state index in [9.17, 15) is 0 Å². The predicted octanol–water partition coefficient (Wildman–Crippen LogP) is 1.42. The molecule has 1 saturated carbocycles. The van der Waals surface area contributed by atoms with Crippen LogP contribution in [0.2, 0.25) is 0 Å². The fourth-order valence-corrected chi connectivity index (χ4v) is 3.71. The summed E-state index contributed by atoms with van der Waals surface area (Å²) in [6, 6.07) is 1.88. The van der Waals surface area contributed by atoms with Crippen molar-refractivity contribution in [2.24, 2.45) is 11.3 Å². The Bertz CT molecular complexity index is 478. The largest absolute Gasteiger partial charge is 0.379 e. The molecule has 2 aliphatic heterocycles. The molecule has 2 saturated heterocycles. The van der Waals surface area contributed by atoms with Gasteiger partial charge in [-0.15, -0.1) is 0 Å². The average Bonchev–Trinajstić information content (AvgIpc) is 3.26. The van der Waals surface area contributed by atoms with Crippen LogP contribution in [0, 0.1) is 11.3 Å². The van der Waals surface area contributed by atoms with Crippen LogP contribution in [0.1, 0.15) is 19.3 Å². The molecule has 0 radical (unpaired) electrons. The quantitative estimate of drug-likeness (QED) is 0.841. The van der Waals surface area contributed by atoms with Crippen molar-refractivity contribution >= 4 is 5.95 Å². The van der Waals surface area contributed by atoms with Crippen molar-refractivity contribution in [2.75, 3.05) is 50.8 Å². The van der Waals surface area contributed by atoms with E-state index >= 15 is 0 Å². The normalized spacial score (nSPS) is 30.8. The molecule has 3 fully saturated rings. The molecule has 1 aromatic rings. The lowest BCUT2D eigenvalue weighted by atomic mass is 9.87. The maximum absolute atomic E-state index is 5.94. The van der Waals surface area contributed by atoms with Crippen LogP contribution in [0.15, 0.2) is 18.5 Å². The Morgan fingerprint density at radius 3 is 2.86 bits per heavy atom. The van der Waals surface area contributed by atoms with Gasteiger partial charge in [0.1, 0.15) is 0 Å². The summed E-state index contributed by atoms with van der Waals surface area (Å²) in [5.74, 6) is 1.82. The van der Waals surface area contributed by atoms with Crippen LogP contribution >= 0.6 is 0 Å². The molecule has 0 N–H and O–H groups in total. The molecule has 0 amide bonds. The molecule has 4 rings (SSSR count). The van der Waals surface area contributed by atoms with Crippen molar-refractivity contribution in [2.45, 2.75) is 19.3 Å². The maximum atomic E-state index is 5.94. The van der Waals surface area contributed by atoms with E-state index in [0.717, 1.165) is 44.7 Å². The Morgan fingerprint density at radius 1 is 1.19 bits per heavy atom. The third-order valence-electron chi connectivity index (χ3n) is 5.01. The molecule has 5 nitrogen and oxygen atoms in total. The molecule has 1 aromatic heterocycles. The summed E-state index contributed by atoms with van der Waals surface area (Å²) < 4.78 is 5.94. The van der Waals surface area contributed by atoms with Gasteiger partial charge < -0.3 is 14.5 Å². The van der Waals surface area contributed by atoms with Crippen molar-refractivity contribution in [1.82, 2.24) is 14.9 Å². The van der Waals surface area contributed by atoms with Crippen molar-refractivity contribution in [3.05, 3.63) is 18.5 Å². The highest BCUT2D eigenvalue weighted by Crippen LogP contribution is 2.36. The second kappa shape index (κ2) is 5.54. The van der Waals surface area contributed by atoms with Gasteiger partial charge in [-0.1, -0.05) is 0 Å². The molecular weight excluding hydrogens is 264 g/mol. The van der Waals surface area contributed by atoms with Crippen LogP contribution in [-0.2, 0) is 4.74 Å². The minimum absolute atomic E-state index is 0.268. The number of hydrogen-bond donors (Lipinski definition) is 0. The summed E-state index contributed by atoms with van der Waals surface area (Å²) in [5, 5.41) is 0. The number of rotatable bonds is 3. The van der Waals surface area contributed by atoms with Gasteiger partial charge >= 0.3 is 0 Å². The molecular formula is C16H24N4O. The summed E-state index contributed by atoms with van der Waals surface area (Å²) >= 11 is 0. The van der Waals surface area contributed by atoms with Gasteiger partial charge in [-0.25, -0.2) is 9.97 Å². The van der Waals surface area contributed by atoms with E-state index in [-0.39, 0.29) is 5.41 Å². The highest BCUT2D eigenvalue weighted by atomic mass is 16.5. The van der Waals surface area contributed by atoms with E-state index in [1.54, 1.807) is 0 Å². The zero-order valence-corrected chi connectivity index (χ0v) is 12.6. The van der Waals surface area contributed by atoms with Gasteiger partial charge in [-0.2, -0.15) is 0 Å². The Morgan fingerprint density at radius 2 is 2.05 bits per heavy atom. The molecule has 3 heterocycles. The number of nitrogens with zero attached hydrogens (tertiary/aromatic N) is 4. The zero-order valence-electron chi connectivity index (χ0n) is 12.6. The molecule has 5 heteroatoms. The van der Waals surface area contributed by atoms with E-state index in [1.807, 2.05) is 18.5 Å². The van der Waals surface area contributed by atoms with E-state index in [1.165, 1.54) is 32.4 Å². The zero-order chi connectivity index (χ0) is 14.1. The molecule has 0 unspecified atom stereocenters. The number of aromatic nitrogens is 2. The van der Waals surface area contributed by atoms with Crippen LogP contribution in [0.4, 0.5) is 5.95 Å². The molecule has 1 spiro atoms. The Labute approximate surface area is 126 Å². The van der Waals surface area contributed by atoms with Crippen LogP contribution < -0.4 is 4.90 Å². The van der Waals surface area contributed by atoms with Gasteiger partial charge in [0.05, 0.1) is 13.2 Å². The fourth-order valence-electron chi connectivity index (χ4n) is 3.71. The van der Waals surface area contributed by atoms with Crippen LogP contribution in [0.25, 0.3) is 0 Å². The lowest BCUT2D eigenvalue weighted by Crippen LogP contribution is -2.41. The third kappa shape index (κ3) is 3.04. The molecule has 114 valence electrons. The summed E-state index contributed by atoms with van der Waals surface area (Å²) in [6.45, 7) is 7.39. The van der Waals surface area contributed by atoms with Gasteiger partial charge in [-0.3, -0.25) is 0 Å². The average molecular weight is 288 g/mol. The summed E-state index contributed by atoms with van der Waals surface area (Å²) in [7, 11) is 0. The first-order valence-electron chi connectivity index (χ1n) is 8.15. The highest BCUT2D eigenvalue weighted by Gasteiger charge is 2.42. The van der Waals surface area contributed by atoms with Crippen LogP contribution in [0.3, 0.4) is 0 Å². The monoisotopic (exact) mass is 288 g/mol. The summed E-state index contributed by atoms with van der Waals surface area (Å²) in [4.78, 5) is 13.8. The third-order valence-corrected chi connectivity index (χ3v) is 5.01. The van der Waals surface area contributed by atoms with Crippen molar-refractivity contribution < 1.29 is 4.74 Å². The number of ether oxygens (including phenoxy) is 1. The molecule has 1 atom stereocenters. The fraction of sp³-hybridized carbons (Fsp3) is 0.750. The number of hydrogen-bond acceptors (Lipinski definition) is 5. The lowest BCUT2D eigenvalue weighted by molar-refractivity contribution is 0.0798. The lowest BCUT2D eigenvalue weighted by Gasteiger charge is -2.31. The van der Waals surface area contributed by atoms with Gasteiger partial charge in [0.25, 0.3) is 0 Å². The van der Waals surface area contributed by atoms with E-state index in [0.29, 0.717) is 0 Å². The Hall–Kier alpha value is -1.20. The molecule has 3 aliphatic rings. The second-order valence-electron chi connectivity index (χ2n) is 6.95. The summed E-state index contributed by atoms with van der Waals surface area (Å²) in [5.41, 5.74) is 0.268. The minimum Gasteiger partial charge on any atom is -0.379 e. The Kier molecular flexibility index (Phi) is 3.55. The first-order valence-corrected chi connectivity index (χ1v) is 8.15. The maximum Gasteiger partial charge on any atom is 0.225 e. The first-order chi connectivity index (χ1) is 10.3. The number of anilines is 1. The van der Waals surface area contributed by atoms with Gasteiger partial charge in [0.15, 0.2) is 0 Å². The van der Waals surface area contributed by atoms with Crippen LogP contribution in [0.5, 0.6) is 0 Å². The van der Waals surface area contributed by atoms with E-state index in [4.69, 9.17) is 4.74 Å². The van der Waals surface area contributed by atoms with Crippen molar-refractivity contribution in [3.8, 4) is 0 Å². The highest BCUT2D eigenvalue weighted by molar-refractivity contribution is 5.32. The van der Waals surface area contributed by atoms with E-state index < -0.39 is 0 Å². The van der Waals surface area contributed by atoms with Gasteiger partial charge in [0.2, 0.25) is 5.95 Å². The molecule has 0 aromatic carbocycles. The SMILES string of the molecule is c1cnc(N2CC[C@]3(COCCN(CC4CC4)C3)C2)nc1. The molecule has 1 aliphatic carbocycles. The second-order valence-corrected chi connectivity index (χ2v) is 6.95. The first kappa shape index (κ1) is 13.5. The van der Waals surface area contributed by atoms with Crippen molar-refractivity contribution in [1.29, 1.82) is 0 Å². The van der Waals surface area contributed by atoms with E-state index in [2.05, 4.69) is 19.8 Å². The van der Waals surface area contributed by atoms with Crippen molar-refractivity contribution in [3.63, 3.8) is 0 Å². The summed E-state index contributed by atoms with van der Waals surface area (Å²) in [6.07, 6.45) is 7.70. The Balaban J connectivity index is 1.45. The molecule has 0 bridgehead atoms. The molecule has 21 heavy (non-hydrogen) atoms. The van der Waals surface area contributed by atoms with Gasteiger partial charge in [0, 0.05) is 50.5 Å². The minimum atomic E-state index is 0.268.